The summed E-state index contributed by atoms with van der Waals surface area (Å²) < 4.78 is 21.4. The van der Waals surface area contributed by atoms with Crippen molar-refractivity contribution >= 4 is 23.9 Å². The number of unbranched alkanes of at least 4 members (excludes halogenated alkanes) is 2. The number of rotatable bonds is 14. The Bertz CT molecular complexity index is 743. The van der Waals surface area contributed by atoms with E-state index in [4.69, 9.17) is 18.9 Å². The first kappa shape index (κ1) is 27.1. The molecule has 8 nitrogen and oxygen atoms in total. The lowest BCUT2D eigenvalue weighted by molar-refractivity contribution is -0.138. The van der Waals surface area contributed by atoms with E-state index in [0.717, 1.165) is 12.8 Å². The third-order valence-corrected chi connectivity index (χ3v) is 4.26. The lowest BCUT2D eigenvalue weighted by Crippen LogP contribution is -2.16. The summed E-state index contributed by atoms with van der Waals surface area (Å²) in [5, 5.41) is 0. The van der Waals surface area contributed by atoms with E-state index < -0.39 is 23.9 Å². The highest BCUT2D eigenvalue weighted by molar-refractivity contribution is 5.92. The molecule has 0 bridgehead atoms. The topological polar surface area (TPSA) is 105 Å². The predicted molar refractivity (Wildman–Crippen MR) is 118 cm³/mol. The Morgan fingerprint density at radius 2 is 1.12 bits per heavy atom. The summed E-state index contributed by atoms with van der Waals surface area (Å²) in [7, 11) is 0. The molecule has 0 N–H and O–H groups in total. The normalized spacial score (nSPS) is 10.4. The van der Waals surface area contributed by atoms with Crippen LogP contribution in [0.3, 0.4) is 0 Å². The molecule has 32 heavy (non-hydrogen) atoms. The molecule has 0 saturated carbocycles. The third-order valence-electron chi connectivity index (χ3n) is 4.26. The zero-order valence-corrected chi connectivity index (χ0v) is 19.5. The Hall–Kier alpha value is -2.90. The van der Waals surface area contributed by atoms with Crippen molar-refractivity contribution in [3.05, 3.63) is 17.7 Å². The van der Waals surface area contributed by atoms with Crippen molar-refractivity contribution in [1.29, 1.82) is 0 Å². The van der Waals surface area contributed by atoms with Crippen LogP contribution in [-0.2, 0) is 19.1 Å². The molecule has 0 aliphatic heterocycles. The fourth-order valence-electron chi connectivity index (χ4n) is 2.67. The molecule has 8 heteroatoms. The van der Waals surface area contributed by atoms with Crippen LogP contribution >= 0.6 is 0 Å². The van der Waals surface area contributed by atoms with Crippen LogP contribution in [0.2, 0.25) is 0 Å². The van der Waals surface area contributed by atoms with E-state index in [-0.39, 0.29) is 48.7 Å². The van der Waals surface area contributed by atoms with Gasteiger partial charge in [-0.25, -0.2) is 4.79 Å². The lowest BCUT2D eigenvalue weighted by Gasteiger charge is -2.16. The number of hydrogen-bond donors (Lipinski definition) is 0. The molecule has 0 saturated heterocycles. The van der Waals surface area contributed by atoms with Gasteiger partial charge in [0.1, 0.15) is 0 Å². The number of esters is 4. The molecule has 0 unspecified atom stereocenters. The maximum Gasteiger partial charge on any atom is 0.338 e. The van der Waals surface area contributed by atoms with Crippen molar-refractivity contribution in [3.63, 3.8) is 0 Å². The number of carbonyl (C=O) groups is 4. The average molecular weight is 451 g/mol. The molecule has 1 rings (SSSR count). The summed E-state index contributed by atoms with van der Waals surface area (Å²) >= 11 is 0. The molecule has 0 spiro atoms. The number of benzene rings is 1. The standard InChI is InChI=1S/C24H34O8/c1-5-9-10-14-29-24(28)17-15-18(30-20(25)11-6-2)23(32-22(27)13-8-4)19(16-17)31-21(26)12-7-3/h15-16H,5-14H2,1-4H3. The fraction of sp³-hybridized carbons (Fsp3) is 0.583. The second-order valence-corrected chi connectivity index (χ2v) is 7.32. The van der Waals surface area contributed by atoms with Crippen LogP contribution < -0.4 is 14.2 Å². The van der Waals surface area contributed by atoms with Gasteiger partial charge in [0.25, 0.3) is 0 Å². The molecule has 178 valence electrons. The van der Waals surface area contributed by atoms with Crippen LogP contribution in [0.5, 0.6) is 17.2 Å². The predicted octanol–water partition coefficient (Wildman–Crippen LogP) is 5.15. The van der Waals surface area contributed by atoms with Gasteiger partial charge in [-0.3, -0.25) is 14.4 Å². The van der Waals surface area contributed by atoms with Crippen LogP contribution in [0.4, 0.5) is 0 Å². The summed E-state index contributed by atoms with van der Waals surface area (Å²) in [4.78, 5) is 49.0. The highest BCUT2D eigenvalue weighted by atomic mass is 16.6. The zero-order chi connectivity index (χ0) is 23.9. The average Bonchev–Trinajstić information content (AvgIpc) is 2.73. The minimum atomic E-state index is -0.659. The quantitative estimate of drug-likeness (QED) is 0.218. The van der Waals surface area contributed by atoms with Gasteiger partial charge in [-0.05, 0) is 37.8 Å². The van der Waals surface area contributed by atoms with Crippen molar-refractivity contribution < 1.29 is 38.1 Å². The molecule has 0 atom stereocenters. The van der Waals surface area contributed by atoms with Crippen molar-refractivity contribution in [1.82, 2.24) is 0 Å². The molecular weight excluding hydrogens is 416 g/mol. The van der Waals surface area contributed by atoms with Crippen molar-refractivity contribution in [2.24, 2.45) is 0 Å². The molecule has 0 radical (unpaired) electrons. The van der Waals surface area contributed by atoms with Gasteiger partial charge >= 0.3 is 23.9 Å². The first-order valence-electron chi connectivity index (χ1n) is 11.3. The van der Waals surface area contributed by atoms with Gasteiger partial charge in [-0.15, -0.1) is 0 Å². The highest BCUT2D eigenvalue weighted by Crippen LogP contribution is 2.40. The summed E-state index contributed by atoms with van der Waals surface area (Å²) in [6.45, 7) is 7.70. The Morgan fingerprint density at radius 3 is 1.56 bits per heavy atom. The first-order valence-corrected chi connectivity index (χ1v) is 11.3. The largest absolute Gasteiger partial charge is 0.462 e. The first-order chi connectivity index (χ1) is 15.4. The number of ether oxygens (including phenoxy) is 4. The Balaban J connectivity index is 3.38. The molecule has 1 aromatic rings. The summed E-state index contributed by atoms with van der Waals surface area (Å²) in [5.41, 5.74) is 0.0235. The fourth-order valence-corrected chi connectivity index (χ4v) is 2.67. The van der Waals surface area contributed by atoms with Crippen molar-refractivity contribution in [2.45, 2.75) is 85.5 Å². The van der Waals surface area contributed by atoms with E-state index in [1.165, 1.54) is 12.1 Å². The second kappa shape index (κ2) is 15.0. The minimum Gasteiger partial charge on any atom is -0.462 e. The van der Waals surface area contributed by atoms with Gasteiger partial charge in [0, 0.05) is 19.3 Å². The molecular formula is C24H34O8. The van der Waals surface area contributed by atoms with E-state index >= 15 is 0 Å². The summed E-state index contributed by atoms with van der Waals surface area (Å²) in [6.07, 6.45) is 4.60. The number of carbonyl (C=O) groups excluding carboxylic acids is 4. The maximum absolute atomic E-state index is 12.6. The Morgan fingerprint density at radius 1 is 0.656 bits per heavy atom. The highest BCUT2D eigenvalue weighted by Gasteiger charge is 2.24. The van der Waals surface area contributed by atoms with Gasteiger partial charge in [0.15, 0.2) is 11.5 Å². The van der Waals surface area contributed by atoms with E-state index in [1.54, 1.807) is 0 Å². The molecule has 1 aromatic carbocycles. The van der Waals surface area contributed by atoms with Gasteiger partial charge < -0.3 is 18.9 Å². The van der Waals surface area contributed by atoms with Crippen molar-refractivity contribution in [2.75, 3.05) is 6.61 Å². The summed E-state index contributed by atoms with van der Waals surface area (Å²) in [6, 6.07) is 2.53. The lowest BCUT2D eigenvalue weighted by atomic mass is 10.1. The van der Waals surface area contributed by atoms with Gasteiger partial charge in [0.05, 0.1) is 12.2 Å². The van der Waals surface area contributed by atoms with Gasteiger partial charge in [-0.1, -0.05) is 40.5 Å². The van der Waals surface area contributed by atoms with Crippen LogP contribution in [0, 0.1) is 0 Å². The Kier molecular flexibility index (Phi) is 12.7. The van der Waals surface area contributed by atoms with Crippen LogP contribution in [-0.4, -0.2) is 30.5 Å². The molecule has 0 aromatic heterocycles. The van der Waals surface area contributed by atoms with E-state index in [2.05, 4.69) is 0 Å². The van der Waals surface area contributed by atoms with Crippen LogP contribution in [0.25, 0.3) is 0 Å². The molecule has 0 heterocycles. The van der Waals surface area contributed by atoms with Crippen LogP contribution in [0.1, 0.15) is 95.8 Å². The van der Waals surface area contributed by atoms with E-state index in [0.29, 0.717) is 25.7 Å². The Labute approximate surface area is 189 Å². The number of hydrogen-bond acceptors (Lipinski definition) is 8. The maximum atomic E-state index is 12.6. The van der Waals surface area contributed by atoms with Gasteiger partial charge in [-0.2, -0.15) is 0 Å². The van der Waals surface area contributed by atoms with E-state index in [1.807, 2.05) is 27.7 Å². The molecule has 0 amide bonds. The minimum absolute atomic E-state index is 0.0235. The smallest absolute Gasteiger partial charge is 0.338 e. The van der Waals surface area contributed by atoms with Crippen molar-refractivity contribution in [3.8, 4) is 17.2 Å². The second-order valence-electron chi connectivity index (χ2n) is 7.32. The zero-order valence-electron chi connectivity index (χ0n) is 19.5. The van der Waals surface area contributed by atoms with Crippen LogP contribution in [0.15, 0.2) is 12.1 Å². The molecule has 0 fully saturated rings. The van der Waals surface area contributed by atoms with E-state index in [9.17, 15) is 19.2 Å². The SMILES string of the molecule is CCCCCOC(=O)c1cc(OC(=O)CCC)c(OC(=O)CCC)c(OC(=O)CCC)c1. The molecule has 0 aliphatic rings. The monoisotopic (exact) mass is 450 g/mol. The third kappa shape index (κ3) is 9.49. The van der Waals surface area contributed by atoms with Gasteiger partial charge in [0.2, 0.25) is 5.75 Å². The summed E-state index contributed by atoms with van der Waals surface area (Å²) in [5.74, 6) is -2.93. The molecule has 0 aliphatic carbocycles.